The second-order valence-corrected chi connectivity index (χ2v) is 8.27. The van der Waals surface area contributed by atoms with Crippen LogP contribution in [0.2, 0.25) is 0 Å². The number of rotatable bonds is 8. The fourth-order valence-corrected chi connectivity index (χ4v) is 4.14. The Hall–Kier alpha value is -3.12. The van der Waals surface area contributed by atoms with Gasteiger partial charge in [0.15, 0.2) is 0 Å². The van der Waals surface area contributed by atoms with Crippen molar-refractivity contribution in [3.63, 3.8) is 0 Å². The number of benzene rings is 3. The van der Waals surface area contributed by atoms with Crippen LogP contribution in [0, 0.1) is 0 Å². The number of hydrogen-bond acceptors (Lipinski definition) is 3. The summed E-state index contributed by atoms with van der Waals surface area (Å²) in [5.74, 6) is -1.03. The average Bonchev–Trinajstić information content (AvgIpc) is 2.67. The Morgan fingerprint density at radius 2 is 1.39 bits per heavy atom. The van der Waals surface area contributed by atoms with Crippen molar-refractivity contribution in [3.8, 4) is 0 Å². The van der Waals surface area contributed by atoms with Crippen LogP contribution in [0.5, 0.6) is 0 Å². The molecule has 144 valence electrons. The molecule has 0 heterocycles. The van der Waals surface area contributed by atoms with Crippen LogP contribution in [0.25, 0.3) is 0 Å². The monoisotopic (exact) mass is 395 g/mol. The molecule has 0 aliphatic rings. The van der Waals surface area contributed by atoms with E-state index in [4.69, 9.17) is 5.11 Å². The quantitative estimate of drug-likeness (QED) is 0.601. The molecule has 3 aromatic rings. The highest BCUT2D eigenvalue weighted by Gasteiger charge is 2.12. The Morgan fingerprint density at radius 3 is 2.07 bits per heavy atom. The van der Waals surface area contributed by atoms with Gasteiger partial charge >= 0.3 is 5.97 Å². The van der Waals surface area contributed by atoms with Gasteiger partial charge in [-0.3, -0.25) is 4.72 Å². The van der Waals surface area contributed by atoms with E-state index in [1.165, 1.54) is 0 Å². The van der Waals surface area contributed by atoms with Gasteiger partial charge in [-0.15, -0.1) is 0 Å². The van der Waals surface area contributed by atoms with Gasteiger partial charge in [-0.05, 0) is 53.8 Å². The van der Waals surface area contributed by atoms with Crippen LogP contribution in [0.1, 0.15) is 27.0 Å². The molecule has 5 nitrogen and oxygen atoms in total. The third kappa shape index (κ3) is 5.69. The molecule has 0 unspecified atom stereocenters. The summed E-state index contributed by atoms with van der Waals surface area (Å²) in [7, 11) is -3.50. The Kier molecular flexibility index (Phi) is 6.11. The number of anilines is 1. The molecule has 3 aromatic carbocycles. The summed E-state index contributed by atoms with van der Waals surface area (Å²) >= 11 is 0. The topological polar surface area (TPSA) is 83.5 Å². The van der Waals surface area contributed by atoms with E-state index in [-0.39, 0.29) is 11.3 Å². The van der Waals surface area contributed by atoms with Gasteiger partial charge in [0.1, 0.15) is 0 Å². The minimum absolute atomic E-state index is 0.0833. The van der Waals surface area contributed by atoms with E-state index < -0.39 is 16.0 Å². The number of hydrogen-bond donors (Lipinski definition) is 2. The van der Waals surface area contributed by atoms with E-state index in [1.807, 2.05) is 42.5 Å². The van der Waals surface area contributed by atoms with Crippen LogP contribution in [0.15, 0.2) is 78.9 Å². The number of sulfonamides is 1. The molecule has 28 heavy (non-hydrogen) atoms. The molecule has 0 saturated carbocycles. The molecule has 0 radical (unpaired) electrons. The number of carboxylic acid groups (broad SMARTS) is 1. The molecule has 2 N–H and O–H groups in total. The van der Waals surface area contributed by atoms with Crippen LogP contribution < -0.4 is 4.72 Å². The van der Waals surface area contributed by atoms with Crippen molar-refractivity contribution in [3.05, 3.63) is 101 Å². The van der Waals surface area contributed by atoms with Crippen LogP contribution >= 0.6 is 0 Å². The van der Waals surface area contributed by atoms with E-state index in [9.17, 15) is 13.2 Å². The van der Waals surface area contributed by atoms with Crippen molar-refractivity contribution in [2.24, 2.45) is 0 Å². The fourth-order valence-electron chi connectivity index (χ4n) is 2.95. The predicted octanol–water partition coefficient (Wildman–Crippen LogP) is 4.11. The second-order valence-electron chi connectivity index (χ2n) is 6.55. The van der Waals surface area contributed by atoms with Crippen molar-refractivity contribution in [2.45, 2.75) is 18.6 Å². The minimum atomic E-state index is -3.50. The third-order valence-corrected chi connectivity index (χ3v) is 5.54. The lowest BCUT2D eigenvalue weighted by molar-refractivity contribution is 0.0696. The van der Waals surface area contributed by atoms with Crippen molar-refractivity contribution >= 4 is 21.7 Å². The molecule has 0 saturated heterocycles. The van der Waals surface area contributed by atoms with Crippen molar-refractivity contribution in [1.82, 2.24) is 0 Å². The van der Waals surface area contributed by atoms with Gasteiger partial charge in [0.05, 0.1) is 11.3 Å². The van der Waals surface area contributed by atoms with Gasteiger partial charge < -0.3 is 5.11 Å². The first-order valence-corrected chi connectivity index (χ1v) is 10.5. The van der Waals surface area contributed by atoms with E-state index >= 15 is 0 Å². The molecular formula is C22H21NO4S. The molecule has 3 rings (SSSR count). The highest BCUT2D eigenvalue weighted by atomic mass is 32.2. The lowest BCUT2D eigenvalue weighted by atomic mass is 10.0. The maximum Gasteiger partial charge on any atom is 0.335 e. The summed E-state index contributed by atoms with van der Waals surface area (Å²) in [4.78, 5) is 11.1. The van der Waals surface area contributed by atoms with E-state index in [0.717, 1.165) is 16.7 Å². The highest BCUT2D eigenvalue weighted by molar-refractivity contribution is 7.91. The average molecular weight is 395 g/mol. The number of carbonyl (C=O) groups is 1. The molecular weight excluding hydrogens is 374 g/mol. The molecule has 0 aliphatic heterocycles. The van der Waals surface area contributed by atoms with Crippen LogP contribution in [0.4, 0.5) is 5.69 Å². The SMILES string of the molecule is O=C(O)c1cccc(CCc2cccc(NS(=O)(=O)Cc3ccccc3)c2)c1. The molecule has 0 spiro atoms. The molecule has 6 heteroatoms. The Morgan fingerprint density at radius 1 is 0.786 bits per heavy atom. The normalized spacial score (nSPS) is 11.1. The zero-order valence-electron chi connectivity index (χ0n) is 15.2. The van der Waals surface area contributed by atoms with E-state index in [2.05, 4.69) is 4.72 Å². The molecule has 0 amide bonds. The largest absolute Gasteiger partial charge is 0.478 e. The predicted molar refractivity (Wildman–Crippen MR) is 110 cm³/mol. The Labute approximate surface area is 164 Å². The maximum absolute atomic E-state index is 12.4. The highest BCUT2D eigenvalue weighted by Crippen LogP contribution is 2.17. The van der Waals surface area contributed by atoms with Crippen LogP contribution in [-0.4, -0.2) is 19.5 Å². The van der Waals surface area contributed by atoms with Crippen LogP contribution in [0.3, 0.4) is 0 Å². The first-order chi connectivity index (χ1) is 13.4. The summed E-state index contributed by atoms with van der Waals surface area (Å²) in [5, 5.41) is 9.08. The van der Waals surface area contributed by atoms with Crippen molar-refractivity contribution in [1.29, 1.82) is 0 Å². The van der Waals surface area contributed by atoms with Gasteiger partial charge in [-0.2, -0.15) is 0 Å². The zero-order valence-corrected chi connectivity index (χ0v) is 16.0. The van der Waals surface area contributed by atoms with Gasteiger partial charge in [-0.1, -0.05) is 54.6 Å². The second kappa shape index (κ2) is 8.71. The number of aromatic carboxylic acids is 1. The van der Waals surface area contributed by atoms with Crippen molar-refractivity contribution < 1.29 is 18.3 Å². The van der Waals surface area contributed by atoms with Gasteiger partial charge in [0.2, 0.25) is 10.0 Å². The molecule has 0 aromatic heterocycles. The third-order valence-electron chi connectivity index (χ3n) is 4.28. The molecule has 0 atom stereocenters. The van der Waals surface area contributed by atoms with Gasteiger partial charge in [-0.25, -0.2) is 13.2 Å². The number of aryl methyl sites for hydroxylation is 2. The minimum Gasteiger partial charge on any atom is -0.478 e. The summed E-state index contributed by atoms with van der Waals surface area (Å²) in [5.41, 5.74) is 3.41. The lowest BCUT2D eigenvalue weighted by Gasteiger charge is -2.10. The summed E-state index contributed by atoms with van der Waals surface area (Å²) in [6, 6.07) is 23.1. The first-order valence-electron chi connectivity index (χ1n) is 8.87. The zero-order chi connectivity index (χ0) is 20.0. The standard InChI is InChI=1S/C22H21NO4S/c24-22(25)20-10-4-8-17(14-20)12-13-18-9-5-11-21(15-18)23-28(26,27)16-19-6-2-1-3-7-19/h1-11,14-15,23H,12-13,16H2,(H,24,25). The van der Waals surface area contributed by atoms with Gasteiger partial charge in [0.25, 0.3) is 0 Å². The van der Waals surface area contributed by atoms with E-state index in [0.29, 0.717) is 18.5 Å². The smallest absolute Gasteiger partial charge is 0.335 e. The Balaban J connectivity index is 1.65. The molecule has 0 bridgehead atoms. The molecule has 0 aliphatic carbocycles. The van der Waals surface area contributed by atoms with E-state index in [1.54, 1.807) is 36.4 Å². The summed E-state index contributed by atoms with van der Waals surface area (Å²) in [6.07, 6.45) is 1.35. The Bertz CT molecular complexity index is 1060. The number of carboxylic acids is 1. The lowest BCUT2D eigenvalue weighted by Crippen LogP contribution is -2.15. The summed E-state index contributed by atoms with van der Waals surface area (Å²) in [6.45, 7) is 0. The summed E-state index contributed by atoms with van der Waals surface area (Å²) < 4.78 is 27.4. The van der Waals surface area contributed by atoms with Crippen molar-refractivity contribution in [2.75, 3.05) is 4.72 Å². The fraction of sp³-hybridized carbons (Fsp3) is 0.136. The number of nitrogens with one attached hydrogen (secondary N) is 1. The maximum atomic E-state index is 12.4. The van der Waals surface area contributed by atoms with Gasteiger partial charge in [0, 0.05) is 5.69 Å². The first kappa shape index (κ1) is 19.6. The molecule has 0 fully saturated rings. The van der Waals surface area contributed by atoms with Crippen LogP contribution in [-0.2, 0) is 28.6 Å².